The molecule has 0 N–H and O–H groups in total. The summed E-state index contributed by atoms with van der Waals surface area (Å²) < 4.78 is 17.1. The molecule has 208 valence electrons. The van der Waals surface area contributed by atoms with Crippen LogP contribution in [0.1, 0.15) is 54.5 Å². The molecule has 39 heavy (non-hydrogen) atoms. The molecule has 0 saturated carbocycles. The number of oxazole rings is 1. The van der Waals surface area contributed by atoms with Crippen LogP contribution in [0.5, 0.6) is 5.75 Å². The van der Waals surface area contributed by atoms with Gasteiger partial charge in [0.25, 0.3) is 0 Å². The molecule has 0 spiro atoms. The molecule has 1 aromatic heterocycles. The molecule has 0 aliphatic rings. The molecule has 0 fully saturated rings. The Bertz CT molecular complexity index is 1300. The number of esters is 1. The average Bonchev–Trinajstić information content (AvgIpc) is 3.25. The normalized spacial score (nSPS) is 11.5. The lowest BCUT2D eigenvalue weighted by molar-refractivity contribution is -0.158. The fourth-order valence-electron chi connectivity index (χ4n) is 4.37. The topological polar surface area (TPSA) is 98.9 Å². The Morgan fingerprint density at radius 2 is 1.69 bits per heavy atom. The number of Topliss-reactive ketones (excluding diaryl/α,β-unsaturated/α-hetero) is 1. The molecule has 0 saturated heterocycles. The van der Waals surface area contributed by atoms with Crippen molar-refractivity contribution in [3.05, 3.63) is 70.1 Å². The monoisotopic (exact) mass is 534 g/mol. The Morgan fingerprint density at radius 1 is 1.05 bits per heavy atom. The number of aromatic nitrogens is 1. The molecule has 0 aliphatic heterocycles. The van der Waals surface area contributed by atoms with Gasteiger partial charge in [-0.15, -0.1) is 0 Å². The van der Waals surface area contributed by atoms with E-state index in [1.807, 2.05) is 69.0 Å². The van der Waals surface area contributed by atoms with Crippen LogP contribution in [0.2, 0.25) is 0 Å². The SMILES string of the molecule is CCOC(=O)C(C)(C)Oc1c(C)cc(CN(CCc2nc(-c3ccc(C)cc3)oc2C)CC(=O)C=O)cc1C. The summed E-state index contributed by atoms with van der Waals surface area (Å²) in [6.45, 7) is 14.1. The number of carbonyl (C=O) groups excluding carboxylic acids is 3. The Balaban J connectivity index is 1.76. The van der Waals surface area contributed by atoms with Crippen molar-refractivity contribution in [3.63, 3.8) is 0 Å². The zero-order valence-corrected chi connectivity index (χ0v) is 23.9. The highest BCUT2D eigenvalue weighted by Crippen LogP contribution is 2.30. The molecule has 0 radical (unpaired) electrons. The Hall–Kier alpha value is -3.78. The van der Waals surface area contributed by atoms with Crippen LogP contribution in [0.25, 0.3) is 11.5 Å². The van der Waals surface area contributed by atoms with E-state index in [2.05, 4.69) is 4.98 Å². The first kappa shape index (κ1) is 29.8. The highest BCUT2D eigenvalue weighted by molar-refractivity contribution is 6.25. The van der Waals surface area contributed by atoms with Crippen LogP contribution in [-0.2, 0) is 32.1 Å². The summed E-state index contributed by atoms with van der Waals surface area (Å²) in [5, 5.41) is 0. The summed E-state index contributed by atoms with van der Waals surface area (Å²) in [5.74, 6) is 0.987. The number of carbonyl (C=O) groups is 3. The maximum absolute atomic E-state index is 12.3. The smallest absolute Gasteiger partial charge is 0.349 e. The summed E-state index contributed by atoms with van der Waals surface area (Å²) in [6.07, 6.45) is 0.912. The van der Waals surface area contributed by atoms with Gasteiger partial charge in [-0.05, 0) is 77.3 Å². The van der Waals surface area contributed by atoms with Gasteiger partial charge < -0.3 is 13.9 Å². The number of hydrogen-bond acceptors (Lipinski definition) is 8. The third kappa shape index (κ3) is 7.86. The maximum Gasteiger partial charge on any atom is 0.349 e. The van der Waals surface area contributed by atoms with Crippen LogP contribution in [0.15, 0.2) is 40.8 Å². The van der Waals surface area contributed by atoms with Crippen LogP contribution in [0.3, 0.4) is 0 Å². The van der Waals surface area contributed by atoms with E-state index >= 15 is 0 Å². The molecule has 8 nitrogen and oxygen atoms in total. The number of hydrogen-bond donors (Lipinski definition) is 0. The fourth-order valence-corrected chi connectivity index (χ4v) is 4.37. The van der Waals surface area contributed by atoms with Crippen molar-refractivity contribution in [2.45, 2.75) is 67.0 Å². The largest absolute Gasteiger partial charge is 0.476 e. The second-order valence-electron chi connectivity index (χ2n) is 10.3. The molecule has 3 aromatic rings. The lowest BCUT2D eigenvalue weighted by Crippen LogP contribution is -2.40. The maximum atomic E-state index is 12.3. The summed E-state index contributed by atoms with van der Waals surface area (Å²) in [5.41, 5.74) is 4.42. The highest BCUT2D eigenvalue weighted by Gasteiger charge is 2.32. The summed E-state index contributed by atoms with van der Waals surface area (Å²) in [7, 11) is 0. The van der Waals surface area contributed by atoms with E-state index in [1.165, 1.54) is 0 Å². The first-order valence-corrected chi connectivity index (χ1v) is 13.1. The third-order valence-electron chi connectivity index (χ3n) is 6.42. The van der Waals surface area contributed by atoms with Gasteiger partial charge in [-0.3, -0.25) is 14.5 Å². The van der Waals surface area contributed by atoms with E-state index in [4.69, 9.17) is 13.9 Å². The van der Waals surface area contributed by atoms with Crippen LogP contribution in [-0.4, -0.2) is 53.2 Å². The van der Waals surface area contributed by atoms with Crippen LogP contribution in [0.4, 0.5) is 0 Å². The molecular formula is C31H38N2O6. The predicted octanol–water partition coefficient (Wildman–Crippen LogP) is 5.11. The van der Waals surface area contributed by atoms with E-state index in [0.29, 0.717) is 37.4 Å². The molecule has 0 aliphatic carbocycles. The minimum absolute atomic E-state index is 0.00253. The lowest BCUT2D eigenvalue weighted by Gasteiger charge is -2.27. The number of benzene rings is 2. The van der Waals surface area contributed by atoms with E-state index < -0.39 is 17.4 Å². The molecular weight excluding hydrogens is 496 g/mol. The van der Waals surface area contributed by atoms with Gasteiger partial charge >= 0.3 is 5.97 Å². The van der Waals surface area contributed by atoms with Crippen molar-refractivity contribution in [1.82, 2.24) is 9.88 Å². The van der Waals surface area contributed by atoms with Crippen molar-refractivity contribution < 1.29 is 28.3 Å². The Labute approximate surface area is 230 Å². The number of aryl methyl sites for hydroxylation is 4. The fraction of sp³-hybridized carbons (Fsp3) is 0.419. The minimum Gasteiger partial charge on any atom is -0.476 e. The second-order valence-corrected chi connectivity index (χ2v) is 10.3. The molecule has 3 rings (SSSR count). The van der Waals surface area contributed by atoms with E-state index in [9.17, 15) is 14.4 Å². The van der Waals surface area contributed by atoms with E-state index in [-0.39, 0.29) is 13.2 Å². The lowest BCUT2D eigenvalue weighted by atomic mass is 10.0. The molecule has 2 aromatic carbocycles. The summed E-state index contributed by atoms with van der Waals surface area (Å²) >= 11 is 0. The van der Waals surface area contributed by atoms with Crippen molar-refractivity contribution in [2.75, 3.05) is 19.7 Å². The molecule has 1 heterocycles. The molecule has 0 bridgehead atoms. The van der Waals surface area contributed by atoms with Crippen LogP contribution < -0.4 is 4.74 Å². The van der Waals surface area contributed by atoms with Crippen LogP contribution >= 0.6 is 0 Å². The van der Waals surface area contributed by atoms with Gasteiger partial charge in [-0.25, -0.2) is 9.78 Å². The van der Waals surface area contributed by atoms with Gasteiger partial charge in [0.2, 0.25) is 11.7 Å². The van der Waals surface area contributed by atoms with Gasteiger partial charge in [0, 0.05) is 25.1 Å². The van der Waals surface area contributed by atoms with Crippen molar-refractivity contribution in [2.24, 2.45) is 0 Å². The van der Waals surface area contributed by atoms with Gasteiger partial charge in [0.15, 0.2) is 11.9 Å². The van der Waals surface area contributed by atoms with Gasteiger partial charge in [-0.1, -0.05) is 29.8 Å². The van der Waals surface area contributed by atoms with Gasteiger partial charge in [-0.2, -0.15) is 0 Å². The molecule has 8 heteroatoms. The Kier molecular flexibility index (Phi) is 9.81. The molecule has 0 atom stereocenters. The van der Waals surface area contributed by atoms with Gasteiger partial charge in [0.05, 0.1) is 18.8 Å². The van der Waals surface area contributed by atoms with Crippen molar-refractivity contribution in [1.29, 1.82) is 0 Å². The number of rotatable bonds is 13. The zero-order chi connectivity index (χ0) is 28.7. The molecule has 0 amide bonds. The summed E-state index contributed by atoms with van der Waals surface area (Å²) in [4.78, 5) is 42.1. The zero-order valence-electron chi connectivity index (χ0n) is 23.9. The summed E-state index contributed by atoms with van der Waals surface area (Å²) in [6, 6.07) is 11.9. The quantitative estimate of drug-likeness (QED) is 0.170. The highest BCUT2D eigenvalue weighted by atomic mass is 16.6. The average molecular weight is 535 g/mol. The minimum atomic E-state index is -1.14. The van der Waals surface area contributed by atoms with Crippen molar-refractivity contribution in [3.8, 4) is 17.2 Å². The number of ether oxygens (including phenoxy) is 2. The number of aldehydes is 1. The predicted molar refractivity (Wildman–Crippen MR) is 149 cm³/mol. The number of nitrogens with zero attached hydrogens (tertiary/aromatic N) is 2. The second kappa shape index (κ2) is 12.8. The molecule has 0 unspecified atom stereocenters. The Morgan fingerprint density at radius 3 is 2.28 bits per heavy atom. The van der Waals surface area contributed by atoms with Gasteiger partial charge in [0.1, 0.15) is 11.5 Å². The third-order valence-corrected chi connectivity index (χ3v) is 6.42. The van der Waals surface area contributed by atoms with E-state index in [1.54, 1.807) is 20.8 Å². The first-order valence-electron chi connectivity index (χ1n) is 13.1. The van der Waals surface area contributed by atoms with Crippen molar-refractivity contribution >= 4 is 18.0 Å². The first-order chi connectivity index (χ1) is 18.4. The number of ketones is 1. The van der Waals surface area contributed by atoms with Crippen LogP contribution in [0, 0.1) is 27.7 Å². The standard InChI is InChI=1S/C31H38N2O6/c1-8-37-30(36)31(6,7)39-28-21(3)15-24(16-22(28)4)17-33(18-26(35)19-34)14-13-27-23(5)38-29(32-27)25-11-9-20(2)10-12-25/h9-12,15-16,19H,8,13-14,17-18H2,1-7H3. The van der Waals surface area contributed by atoms with E-state index in [0.717, 1.165) is 39.3 Å².